The highest BCUT2D eigenvalue weighted by Crippen LogP contribution is 2.48. The molecule has 0 saturated heterocycles. The van der Waals surface area contributed by atoms with Crippen molar-refractivity contribution in [2.45, 2.75) is 135 Å². The number of ether oxygens (including phenoxy) is 2. The summed E-state index contributed by atoms with van der Waals surface area (Å²) in [5.41, 5.74) is 9.61. The van der Waals surface area contributed by atoms with Crippen LogP contribution < -0.4 is 15.8 Å². The summed E-state index contributed by atoms with van der Waals surface area (Å²) in [5, 5.41) is 45.2. The van der Waals surface area contributed by atoms with E-state index < -0.39 is 12.2 Å². The van der Waals surface area contributed by atoms with Gasteiger partial charge in [0.15, 0.2) is 17.6 Å². The summed E-state index contributed by atoms with van der Waals surface area (Å²) in [4.78, 5) is 4.92. The summed E-state index contributed by atoms with van der Waals surface area (Å²) in [6, 6.07) is 5.40. The number of allylic oxidation sites excluding steroid dienone is 1. The topological polar surface area (TPSA) is 153 Å². The van der Waals surface area contributed by atoms with Gasteiger partial charge in [0.2, 0.25) is 5.70 Å². The predicted octanol–water partition coefficient (Wildman–Crippen LogP) is 6.24. The third-order valence-corrected chi connectivity index (χ3v) is 11.9. The van der Waals surface area contributed by atoms with Gasteiger partial charge in [0.1, 0.15) is 30.4 Å². The van der Waals surface area contributed by atoms with Gasteiger partial charge < -0.3 is 41.0 Å². The third kappa shape index (κ3) is 11.5. The summed E-state index contributed by atoms with van der Waals surface area (Å²) in [5.74, 6) is 3.97. The number of nitrogens with zero attached hydrogens (tertiary/aromatic N) is 1. The largest absolute Gasteiger partial charge is 0.504 e. The maximum Gasteiger partial charge on any atom is 0.208 e. The van der Waals surface area contributed by atoms with E-state index >= 15 is 0 Å². The molecular formula is C43H68N3O6+. The van der Waals surface area contributed by atoms with Crippen LogP contribution in [0, 0.1) is 35.7 Å². The second-order valence-electron chi connectivity index (χ2n) is 16.0. The van der Waals surface area contributed by atoms with E-state index in [2.05, 4.69) is 24.4 Å². The molecule has 1 aromatic carbocycles. The summed E-state index contributed by atoms with van der Waals surface area (Å²) in [6.07, 6.45) is 21.9. The van der Waals surface area contributed by atoms with Gasteiger partial charge in [0, 0.05) is 32.5 Å². The van der Waals surface area contributed by atoms with E-state index in [0.717, 1.165) is 86.9 Å². The van der Waals surface area contributed by atoms with Crippen molar-refractivity contribution in [3.8, 4) is 11.5 Å². The Balaban J connectivity index is 1.09. The van der Waals surface area contributed by atoms with Crippen molar-refractivity contribution >= 4 is 5.71 Å². The number of aliphatic imine (C=N–C) groups is 1. The van der Waals surface area contributed by atoms with Crippen LogP contribution in [0.2, 0.25) is 0 Å². The fraction of sp³-hybridized carbons (Fsp3) is 0.698. The first-order valence-electron chi connectivity index (χ1n) is 20.5. The number of aliphatic hydroxyl groups is 5. The van der Waals surface area contributed by atoms with Crippen LogP contribution in [0.15, 0.2) is 46.6 Å². The van der Waals surface area contributed by atoms with Crippen molar-refractivity contribution in [2.24, 2.45) is 34.4 Å². The van der Waals surface area contributed by atoms with Crippen LogP contribution in [0.3, 0.4) is 0 Å². The minimum absolute atomic E-state index is 0.00734. The normalized spacial score (nSPS) is 24.5. The quantitative estimate of drug-likeness (QED) is 0.0444. The average Bonchev–Trinajstić information content (AvgIpc) is 3.87. The van der Waals surface area contributed by atoms with Crippen molar-refractivity contribution in [1.29, 1.82) is 0 Å². The van der Waals surface area contributed by atoms with E-state index in [9.17, 15) is 20.4 Å². The van der Waals surface area contributed by atoms with E-state index in [4.69, 9.17) is 20.2 Å². The molecule has 7 unspecified atom stereocenters. The van der Waals surface area contributed by atoms with E-state index in [-0.39, 0.29) is 25.1 Å². The van der Waals surface area contributed by atoms with Crippen LogP contribution in [0.4, 0.5) is 0 Å². The number of nitrogens with one attached hydrogen (secondary N) is 1. The number of aryl methyl sites for hydroxylation is 1. The number of rotatable bonds is 23. The van der Waals surface area contributed by atoms with Crippen LogP contribution in [0.5, 0.6) is 11.5 Å². The minimum Gasteiger partial charge on any atom is -0.504 e. The monoisotopic (exact) mass is 723 g/mol. The highest BCUT2D eigenvalue weighted by Gasteiger charge is 2.49. The number of nitrogens with two attached hydrogens (primary N) is 1. The maximum atomic E-state index is 11.2. The van der Waals surface area contributed by atoms with E-state index in [1.807, 2.05) is 12.1 Å². The second-order valence-corrected chi connectivity index (χ2v) is 16.0. The summed E-state index contributed by atoms with van der Waals surface area (Å²) in [6.45, 7) is 6.21. The Labute approximate surface area is 313 Å². The Morgan fingerprint density at radius 1 is 1.12 bits per heavy atom. The molecule has 2 aliphatic heterocycles. The van der Waals surface area contributed by atoms with Gasteiger partial charge in [-0.1, -0.05) is 64.4 Å². The number of aliphatic hydroxyl groups excluding tert-OH is 3. The van der Waals surface area contributed by atoms with Crippen molar-refractivity contribution < 1.29 is 29.9 Å². The Bertz CT molecular complexity index is 1330. The first kappa shape index (κ1) is 40.7. The first-order valence-corrected chi connectivity index (χ1v) is 20.5. The zero-order valence-electron chi connectivity index (χ0n) is 31.9. The number of aromatic hydroxyl groups is 1. The lowest BCUT2D eigenvalue weighted by molar-refractivity contribution is -0.0553. The first-order chi connectivity index (χ1) is 25.3. The Hall–Kier alpha value is -2.53. The minimum atomic E-state index is -0.917. The van der Waals surface area contributed by atoms with E-state index in [0.29, 0.717) is 35.7 Å². The lowest BCUT2D eigenvalue weighted by Crippen LogP contribution is -2.36. The van der Waals surface area contributed by atoms with Crippen molar-refractivity contribution in [3.63, 3.8) is 0 Å². The molecule has 2 aliphatic carbocycles. The van der Waals surface area contributed by atoms with Crippen molar-refractivity contribution in [1.82, 2.24) is 5.32 Å². The van der Waals surface area contributed by atoms with E-state index in [1.165, 1.54) is 63.7 Å². The number of benzene rings is 1. The van der Waals surface area contributed by atoms with Crippen LogP contribution in [0.25, 0.3) is 0 Å². The molecule has 7 atom stereocenters. The molecule has 2 fully saturated rings. The zero-order chi connectivity index (χ0) is 36.9. The summed E-state index contributed by atoms with van der Waals surface area (Å²) in [7, 11) is 0. The molecule has 4 aliphatic rings. The van der Waals surface area contributed by atoms with Crippen LogP contribution in [-0.4, -0.2) is 82.0 Å². The van der Waals surface area contributed by atoms with Gasteiger partial charge in [-0.05, 0) is 87.4 Å². The molecule has 2 saturated carbocycles. The predicted molar refractivity (Wildman–Crippen MR) is 209 cm³/mol. The molecule has 9 nitrogen and oxygen atoms in total. The number of hydrogen-bond acceptors (Lipinski definition) is 8. The number of fused-ring (bicyclic) bond motifs is 2. The molecule has 8 N–H and O–H groups in total. The highest BCUT2D eigenvalue weighted by molar-refractivity contribution is 6.03. The molecule has 2 heterocycles. The van der Waals surface area contributed by atoms with E-state index in [1.54, 1.807) is 13.0 Å². The second kappa shape index (κ2) is 20.8. The maximum absolute atomic E-state index is 11.2. The number of phenolic OH excluding ortho intramolecular Hbond substituents is 1. The van der Waals surface area contributed by atoms with Crippen LogP contribution in [0.1, 0.15) is 116 Å². The van der Waals surface area contributed by atoms with Crippen LogP contribution in [-0.2, 0) is 6.42 Å². The molecule has 290 valence electrons. The fourth-order valence-corrected chi connectivity index (χ4v) is 9.05. The lowest BCUT2D eigenvalue weighted by Gasteiger charge is -2.26. The highest BCUT2D eigenvalue weighted by atomic mass is 16.5. The molecule has 0 radical (unpaired) electrons. The van der Waals surface area contributed by atoms with Gasteiger partial charge in [-0.15, -0.1) is 16.6 Å². The molecule has 5 rings (SSSR count). The Morgan fingerprint density at radius 2 is 1.94 bits per heavy atom. The van der Waals surface area contributed by atoms with Gasteiger partial charge in [-0.2, -0.15) is 0 Å². The van der Waals surface area contributed by atoms with Gasteiger partial charge >= 0.3 is 0 Å². The summed E-state index contributed by atoms with van der Waals surface area (Å²) >= 11 is 0. The molecule has 0 spiro atoms. The van der Waals surface area contributed by atoms with Crippen molar-refractivity contribution in [2.75, 3.05) is 32.8 Å². The van der Waals surface area contributed by atoms with Gasteiger partial charge in [0.25, 0.3) is 0 Å². The SMILES string of the molecule is CCCCCC(CCN)CCCCC1[OH+][C-](CCc2ccc(O)c(OCC(O)C3=C[C+]4C(=N3)CCC3CCCC3C4CNCC(C)O)c2)C=C1CO. The molecule has 0 amide bonds. The Kier molecular flexibility index (Phi) is 16.3. The molecule has 9 heteroatoms. The Morgan fingerprint density at radius 3 is 2.71 bits per heavy atom. The molecule has 1 aromatic rings. The molecule has 0 aromatic heterocycles. The fourth-order valence-electron chi connectivity index (χ4n) is 9.05. The van der Waals surface area contributed by atoms with Gasteiger partial charge in [-0.3, -0.25) is 0 Å². The summed E-state index contributed by atoms with van der Waals surface area (Å²) < 4.78 is 11.0. The van der Waals surface area contributed by atoms with Crippen molar-refractivity contribution in [3.05, 3.63) is 59.2 Å². The lowest BCUT2D eigenvalue weighted by atomic mass is 9.77. The molecular weight excluding hydrogens is 654 g/mol. The molecule has 0 bridgehead atoms. The average molecular weight is 723 g/mol. The smallest absolute Gasteiger partial charge is 0.208 e. The molecule has 52 heavy (non-hydrogen) atoms. The third-order valence-electron chi connectivity index (χ3n) is 11.9. The van der Waals surface area contributed by atoms with Crippen LogP contribution >= 0.6 is 0 Å². The number of unbranched alkanes of at least 4 members (excludes halogenated alkanes) is 3. The number of phenols is 1. The van der Waals surface area contributed by atoms with Gasteiger partial charge in [0.05, 0.1) is 18.1 Å². The van der Waals surface area contributed by atoms with Gasteiger partial charge in [-0.25, -0.2) is 0 Å². The standard InChI is InChI=1S/C43H67N3O6/c1-3-4-5-9-30(20-21-44)10-6-7-13-42-33(27-47)23-34(52-42)17-14-31-15-19-40(49)43(22-31)51-28-41(50)39-24-36-37(26-45-25-29(2)48)35-12-8-11-32(35)16-18-38(36)46-39/h15,19,22-24,29-30,32,35,37,41-42,45,47-48,50,52H,3-14,16-18,20-21,25-28,44H2,1-2H3/p+1. The zero-order valence-corrected chi connectivity index (χ0v) is 31.9. The number of hydrogen-bond donors (Lipinski definition) is 6.